The molecule has 9 aliphatic rings. The van der Waals surface area contributed by atoms with Crippen LogP contribution in [0.4, 0.5) is 8.78 Å². The Morgan fingerprint density at radius 2 is 0.842 bits per heavy atom. The van der Waals surface area contributed by atoms with E-state index in [0.717, 1.165) is 177 Å². The predicted octanol–water partition coefficient (Wildman–Crippen LogP) is 23.3. The molecule has 0 aliphatic carbocycles. The SMILES string of the molecule is C1CCOC1.CC#N.COC1=N[C@H](C(C)C)C(OC)=NC1.COC1=N[C@H](C(C)C)C(OC)=N[C@H]1Cc1ccc(-c2c(Cl)cc(F)cc2Cl)c2c1OCCC2.COC1=N[C@H](C(C)C)C(OC)=N[C@H]1Cc1ccc(Br)c2c1OCCC2.Cl.ClCc1ccc(Br)c2c1OCCC2.N=NN=NCl.O=C(O)c1ccc(Br)c2c1OCCC2.O=C(O)c1ccc(Br)c2c1OCCC2.OB(O)c1c(Cl)cc(F)cc1Cl.[B]. The third kappa shape index (κ3) is 35.1. The molecule has 0 spiro atoms. The summed E-state index contributed by atoms with van der Waals surface area (Å²) in [5, 5.41) is 48.1. The summed E-state index contributed by atoms with van der Waals surface area (Å²) in [5.74, 6) is 6.21. The van der Waals surface area contributed by atoms with E-state index in [1.165, 1.54) is 43.0 Å². The highest BCUT2D eigenvalue weighted by Gasteiger charge is 2.36. The van der Waals surface area contributed by atoms with Crippen molar-refractivity contribution in [2.45, 2.75) is 174 Å². The molecule has 44 heteroatoms. The molecule has 753 valence electrons. The fourth-order valence-electron chi connectivity index (χ4n) is 15.1. The van der Waals surface area contributed by atoms with E-state index < -0.39 is 30.7 Å². The Labute approximate surface area is 881 Å². The minimum atomic E-state index is -1.79. The molecule has 29 nitrogen and oxygen atoms in total. The standard InChI is InChI=1S/C25H27Cl2FN2O3.C19H25BrN2O3.C10H10BrClO.2C10H9BrO3.C9H16N2O2.C6H4BCl2FO2.C4H8O.C2H3N.B.ClHN4.ClH/c1-13(2)22-25(32-4)29-20(24(30-22)31-3)10-14-7-8-16(17-6-5-9-33-23(14)17)21-18(26)11-15(28)12-19(21)27;1-11(2)16-19(24-4)21-15(18(22-16)23-3)10-12-7-8-14(20)13-6-5-9-25-17(12)13;11-9-4-3-7(6-12)10-8(9)2-1-5-13-10;2*11-8-4-3-7(10(12)13)9-6(8)2-1-5-14-9;1-6(2)8-9(13-4)10-5-7(11-8)12-3;8-4-1-3(10)2-5(9)6(4)7(11)12;1-2-4-5-3-1;1-2-3;;1-3-5-4-2;/h7-8,11-13,20,22H,5-6,9-10H2,1-4H3;7-8,11,15-16H,5-6,9-10H2,1-4H3;3-4H,1-2,5-6H2;2*3-4H,1-2,5H2,(H,12,13);6,8H,5H2,1-4H3;1-2,11-12H;1-4H2;1H3;;2H;1H/t20-,22+;15-,16+;;;;8-;;;;;;/m00...1....../s1. The predicted molar refractivity (Wildman–Crippen MR) is 560 cm³/mol. The van der Waals surface area contributed by atoms with Crippen LogP contribution < -0.4 is 29.1 Å². The van der Waals surface area contributed by atoms with E-state index in [0.29, 0.717) is 109 Å². The summed E-state index contributed by atoms with van der Waals surface area (Å²) in [7, 11) is 8.00. The molecule has 9 aliphatic heterocycles. The second-order valence-electron chi connectivity index (χ2n) is 31.9. The lowest BCUT2D eigenvalue weighted by Crippen LogP contribution is -2.38. The van der Waals surface area contributed by atoms with E-state index in [1.807, 2.05) is 24.3 Å². The molecule has 1 saturated heterocycles. The number of alkyl halides is 1. The Hall–Kier alpha value is -8.19. The van der Waals surface area contributed by atoms with Gasteiger partial charge in [0, 0.05) is 114 Å². The monoisotopic (exact) mass is 2320 g/mol. The lowest BCUT2D eigenvalue weighted by atomic mass is 9.80. The zero-order chi connectivity index (χ0) is 101. The molecule has 3 radical (unpaired) electrons. The van der Waals surface area contributed by atoms with Crippen LogP contribution in [-0.4, -0.2) is 209 Å². The van der Waals surface area contributed by atoms with Crippen molar-refractivity contribution in [3.05, 3.63) is 190 Å². The van der Waals surface area contributed by atoms with Gasteiger partial charge in [0.1, 0.15) is 88.3 Å². The summed E-state index contributed by atoms with van der Waals surface area (Å²) in [4.78, 5) is 49.5. The number of nitrogens with zero attached hydrogens (tertiary/aromatic N) is 10. The number of nitriles is 1. The molecule has 0 unspecified atom stereocenters. The number of carboxylic acid groups (broad SMARTS) is 2. The molecule has 9 heterocycles. The largest absolute Gasteiger partial charge is 0.493 e. The first kappa shape index (κ1) is 121. The second-order valence-corrected chi connectivity index (χ2v) is 37.4. The molecule has 5 N–H and O–H groups in total. The van der Waals surface area contributed by atoms with Gasteiger partial charge in [-0.2, -0.15) is 10.8 Å². The van der Waals surface area contributed by atoms with E-state index in [1.54, 1.807) is 73.0 Å². The molecule has 7 aromatic carbocycles. The maximum atomic E-state index is 13.8. The van der Waals surface area contributed by atoms with Crippen molar-refractivity contribution in [1.29, 1.82) is 10.8 Å². The fourth-order valence-corrected chi connectivity index (χ4v) is 18.7. The number of hydrogen-bond acceptors (Lipinski definition) is 25. The average molecular weight is 2320 g/mol. The van der Waals surface area contributed by atoms with Gasteiger partial charge in [0.05, 0.1) is 109 Å². The Bertz CT molecular complexity index is 5410. The van der Waals surface area contributed by atoms with Gasteiger partial charge in [0.25, 0.3) is 0 Å². The summed E-state index contributed by atoms with van der Waals surface area (Å²) < 4.78 is 98.8. The van der Waals surface area contributed by atoms with Crippen molar-refractivity contribution in [1.82, 2.24) is 0 Å². The number of rotatable bonds is 13. The smallest absolute Gasteiger partial charge is 0.491 e. The maximum absolute atomic E-state index is 13.8. The van der Waals surface area contributed by atoms with Gasteiger partial charge in [-0.05, 0) is 183 Å². The highest BCUT2D eigenvalue weighted by atomic mass is 79.9. The summed E-state index contributed by atoms with van der Waals surface area (Å²) in [6.07, 6.45) is 13.3. The molecule has 139 heavy (non-hydrogen) atoms. The quantitative estimate of drug-likeness (QED) is 0.0310. The van der Waals surface area contributed by atoms with Crippen molar-refractivity contribution < 1.29 is 95.5 Å². The average Bonchev–Trinajstić information content (AvgIpc) is 1.33. The Kier molecular flexibility index (Phi) is 54.4. The third-order valence-electron chi connectivity index (χ3n) is 21.6. The Morgan fingerprint density at radius 3 is 1.17 bits per heavy atom. The summed E-state index contributed by atoms with van der Waals surface area (Å²) >= 11 is 48.1. The van der Waals surface area contributed by atoms with Gasteiger partial charge < -0.3 is 77.1 Å². The van der Waals surface area contributed by atoms with Crippen molar-refractivity contribution in [2.75, 3.05) is 95.5 Å². The molecule has 0 bridgehead atoms. The lowest BCUT2D eigenvalue weighted by Gasteiger charge is -2.29. The van der Waals surface area contributed by atoms with Gasteiger partial charge in [-0.25, -0.2) is 48.3 Å². The van der Waals surface area contributed by atoms with E-state index in [2.05, 4.69) is 154 Å². The summed E-state index contributed by atoms with van der Waals surface area (Å²) in [6.45, 7) is 19.8. The van der Waals surface area contributed by atoms with E-state index >= 15 is 0 Å². The van der Waals surface area contributed by atoms with Gasteiger partial charge in [0.2, 0.25) is 35.4 Å². The molecular weight excluding hydrogens is 2210 g/mol. The van der Waals surface area contributed by atoms with Crippen LogP contribution >= 0.6 is 146 Å². The number of methoxy groups -OCH3 is 6. The number of aliphatic imine (C=N–C) groups is 6. The van der Waals surface area contributed by atoms with Gasteiger partial charge in [0.15, 0.2) is 0 Å². The normalized spacial score (nSPS) is 17.3. The van der Waals surface area contributed by atoms with Crippen molar-refractivity contribution in [2.24, 2.45) is 62.8 Å². The topological polar surface area (TPSA) is 385 Å². The lowest BCUT2D eigenvalue weighted by molar-refractivity contribution is 0.0680. The van der Waals surface area contributed by atoms with Gasteiger partial charge >= 0.3 is 19.1 Å². The van der Waals surface area contributed by atoms with Gasteiger partial charge in [-0.1, -0.05) is 181 Å². The summed E-state index contributed by atoms with van der Waals surface area (Å²) in [5.41, 5.74) is 16.5. The molecule has 0 saturated carbocycles. The van der Waals surface area contributed by atoms with Crippen LogP contribution in [0, 0.1) is 46.3 Å². The minimum absolute atomic E-state index is 0. The van der Waals surface area contributed by atoms with Crippen LogP contribution in [-0.2, 0) is 84.0 Å². The van der Waals surface area contributed by atoms with E-state index in [9.17, 15) is 18.4 Å². The Morgan fingerprint density at radius 1 is 0.504 bits per heavy atom. The molecule has 7 aromatic rings. The van der Waals surface area contributed by atoms with Gasteiger partial charge in [-0.3, -0.25) is 0 Å². The number of aromatic carboxylic acids is 2. The maximum Gasteiger partial charge on any atom is 0.491 e. The number of halogens is 13. The van der Waals surface area contributed by atoms with Crippen LogP contribution in [0.15, 0.2) is 148 Å². The fraction of sp³-hybridized carbons (Fsp3) is 0.463. The number of ether oxygens (including phenoxy) is 12. The van der Waals surface area contributed by atoms with Crippen molar-refractivity contribution in [3.63, 3.8) is 0 Å². The van der Waals surface area contributed by atoms with Crippen LogP contribution in [0.25, 0.3) is 11.1 Å². The number of nitrogens with one attached hydrogen (secondary N) is 1. The van der Waals surface area contributed by atoms with E-state index in [4.69, 9.17) is 166 Å². The highest BCUT2D eigenvalue weighted by molar-refractivity contribution is 9.11. The first-order chi connectivity index (χ1) is 65.6. The molecule has 0 amide bonds. The first-order valence-electron chi connectivity index (χ1n) is 43.8. The number of benzene rings is 7. The zero-order valence-electron chi connectivity index (χ0n) is 79.0. The van der Waals surface area contributed by atoms with Crippen LogP contribution in [0.2, 0.25) is 20.1 Å². The van der Waals surface area contributed by atoms with Gasteiger partial charge in [-0.15, -0.1) is 24.0 Å². The number of fused-ring (bicyclic) bond motifs is 5. The molecule has 16 rings (SSSR count). The van der Waals surface area contributed by atoms with Crippen molar-refractivity contribution >= 4 is 214 Å². The number of carboxylic acids is 2. The molecule has 5 atom stereocenters. The first-order valence-corrected chi connectivity index (χ1v) is 49.3. The second kappa shape index (κ2) is 62.4. The molecule has 0 aromatic heterocycles. The van der Waals surface area contributed by atoms with Crippen LogP contribution in [0.5, 0.6) is 28.7 Å². The molecule has 1 fully saturated rings. The third-order valence-corrected chi connectivity index (χ3v) is 26.1. The highest BCUT2D eigenvalue weighted by Crippen LogP contribution is 2.45. The minimum Gasteiger partial charge on any atom is -0.493 e. The number of carbonyl (C=O) groups is 2. The number of hydrogen-bond donors (Lipinski definition) is 5. The molecular formula is C95H113B2Br4Cl7F2N11O18. The van der Waals surface area contributed by atoms with Crippen molar-refractivity contribution in [3.8, 4) is 45.9 Å². The Balaban J connectivity index is 0.000000288. The van der Waals surface area contributed by atoms with Crippen LogP contribution in [0.1, 0.15) is 159 Å². The van der Waals surface area contributed by atoms with E-state index in [-0.39, 0.29) is 93.6 Å². The van der Waals surface area contributed by atoms with Crippen LogP contribution in [0.3, 0.4) is 0 Å². The summed E-state index contributed by atoms with van der Waals surface area (Å²) in [6, 6.07) is 24.3. The zero-order valence-corrected chi connectivity index (χ0v) is 90.7.